The molecule has 0 spiro atoms. The number of benzene rings is 8. The number of hydrogen-bond donors (Lipinski definition) is 0. The topological polar surface area (TPSA) is 12.9 Å². The molecule has 0 atom stereocenters. The predicted octanol–water partition coefficient (Wildman–Crippen LogP) is 13.1. The van der Waals surface area contributed by atoms with Crippen LogP contribution in [-0.2, 0) is 0 Å². The Morgan fingerprint density at radius 2 is 0.915 bits per heavy atom. The van der Waals surface area contributed by atoms with Gasteiger partial charge in [0.1, 0.15) is 4.83 Å². The molecule has 0 bridgehead atoms. The first-order valence-corrected chi connectivity index (χ1v) is 16.9. The smallest absolute Gasteiger partial charge is 0.124 e. The van der Waals surface area contributed by atoms with E-state index >= 15 is 0 Å². The summed E-state index contributed by atoms with van der Waals surface area (Å²) in [6.07, 6.45) is 1.88. The Morgan fingerprint density at radius 1 is 0.362 bits per heavy atom. The Kier molecular flexibility index (Phi) is 5.81. The van der Waals surface area contributed by atoms with Crippen LogP contribution in [0.4, 0.5) is 0 Å². The maximum atomic E-state index is 4.64. The summed E-state index contributed by atoms with van der Waals surface area (Å²) in [5.74, 6) is 0. The monoisotopic (exact) mass is 613 g/mol. The van der Waals surface area contributed by atoms with Crippen LogP contribution in [-0.4, -0.2) is 4.98 Å². The van der Waals surface area contributed by atoms with Crippen molar-refractivity contribution < 1.29 is 0 Å². The molecule has 0 aliphatic rings. The van der Waals surface area contributed by atoms with Gasteiger partial charge in [0, 0.05) is 21.7 Å². The van der Waals surface area contributed by atoms with Crippen LogP contribution in [0.2, 0.25) is 0 Å². The van der Waals surface area contributed by atoms with Crippen molar-refractivity contribution >= 4 is 74.7 Å². The second-order valence-corrected chi connectivity index (χ2v) is 13.3. The van der Waals surface area contributed by atoms with Crippen molar-refractivity contribution in [2.75, 3.05) is 0 Å². The minimum absolute atomic E-state index is 1.09. The van der Waals surface area contributed by atoms with Gasteiger partial charge in [0.15, 0.2) is 0 Å². The zero-order valence-electron chi connectivity index (χ0n) is 25.4. The fraction of sp³-hybridized carbons (Fsp3) is 0. The molecule has 47 heavy (non-hydrogen) atoms. The minimum Gasteiger partial charge on any atom is -0.245 e. The molecule has 0 aliphatic carbocycles. The van der Waals surface area contributed by atoms with Crippen LogP contribution in [0.1, 0.15) is 0 Å². The zero-order valence-corrected chi connectivity index (χ0v) is 26.3. The lowest BCUT2D eigenvalue weighted by Crippen LogP contribution is -1.91. The average molecular weight is 614 g/mol. The molecule has 2 aromatic heterocycles. The van der Waals surface area contributed by atoms with Crippen molar-refractivity contribution in [1.82, 2.24) is 4.98 Å². The minimum atomic E-state index is 1.09. The van der Waals surface area contributed by atoms with E-state index in [1.807, 2.05) is 12.3 Å². The van der Waals surface area contributed by atoms with Gasteiger partial charge in [-0.2, -0.15) is 0 Å². The molecule has 0 fully saturated rings. The molecule has 0 amide bonds. The summed E-state index contributed by atoms with van der Waals surface area (Å²) in [4.78, 5) is 5.73. The van der Waals surface area contributed by atoms with Crippen molar-refractivity contribution in [2.45, 2.75) is 0 Å². The lowest BCUT2D eigenvalue weighted by molar-refractivity contribution is 1.45. The molecular weight excluding hydrogens is 587 g/mol. The molecule has 0 radical (unpaired) electrons. The van der Waals surface area contributed by atoms with Gasteiger partial charge >= 0.3 is 0 Å². The van der Waals surface area contributed by atoms with Gasteiger partial charge in [0.05, 0.1) is 0 Å². The standard InChI is InChI=1S/C45H27NS/c1-2-11-34-28(9-1)10-7-16-35(34)31-20-18-30-26-32(21-19-29(30)25-31)43-36-12-3-5-14-38(36)44(39-15-6-4-13-37(39)43)33-22-23-42-41(27-33)40-17-8-24-46-45(40)47-42/h1-27H. The normalized spacial score (nSPS) is 11.8. The van der Waals surface area contributed by atoms with Gasteiger partial charge in [-0.15, -0.1) is 11.3 Å². The number of nitrogens with zero attached hydrogens (tertiary/aromatic N) is 1. The Labute approximate surface area is 276 Å². The van der Waals surface area contributed by atoms with Crippen LogP contribution in [0.25, 0.3) is 96.8 Å². The quantitative estimate of drug-likeness (QED) is 0.181. The molecule has 10 aromatic rings. The number of pyridine rings is 1. The first kappa shape index (κ1) is 26.4. The SMILES string of the molecule is c1ccc2c(-c3ccc4cc(-c5c6ccccc6c(-c6ccc7sc8ncccc8c7c6)c6ccccc56)ccc4c3)cccc2c1. The number of rotatable bonds is 3. The first-order valence-electron chi connectivity index (χ1n) is 16.0. The van der Waals surface area contributed by atoms with Crippen molar-refractivity contribution in [3.8, 4) is 33.4 Å². The third-order valence-electron chi connectivity index (χ3n) is 9.70. The molecule has 1 nitrogen and oxygen atoms in total. The molecule has 0 saturated carbocycles. The maximum Gasteiger partial charge on any atom is 0.124 e. The molecule has 218 valence electrons. The third kappa shape index (κ3) is 4.12. The van der Waals surface area contributed by atoms with E-state index in [0.29, 0.717) is 0 Å². The highest BCUT2D eigenvalue weighted by molar-refractivity contribution is 7.25. The number of fused-ring (bicyclic) bond motifs is 7. The van der Waals surface area contributed by atoms with Crippen LogP contribution in [0.5, 0.6) is 0 Å². The van der Waals surface area contributed by atoms with Gasteiger partial charge in [-0.25, -0.2) is 4.98 Å². The van der Waals surface area contributed by atoms with Crippen molar-refractivity contribution in [3.05, 3.63) is 164 Å². The molecule has 0 unspecified atom stereocenters. The van der Waals surface area contributed by atoms with E-state index in [2.05, 4.69) is 157 Å². The summed E-state index contributed by atoms with van der Waals surface area (Å²) in [5, 5.41) is 12.6. The van der Waals surface area contributed by atoms with E-state index in [0.717, 1.165) is 4.83 Å². The number of thiophene rings is 1. The second-order valence-electron chi connectivity index (χ2n) is 12.3. The largest absolute Gasteiger partial charge is 0.245 e. The van der Waals surface area contributed by atoms with Gasteiger partial charge in [-0.05, 0) is 113 Å². The summed E-state index contributed by atoms with van der Waals surface area (Å²) < 4.78 is 1.27. The van der Waals surface area contributed by atoms with Crippen molar-refractivity contribution in [3.63, 3.8) is 0 Å². The molecule has 0 saturated heterocycles. The Bertz CT molecular complexity index is 2800. The molecule has 2 heteroatoms. The van der Waals surface area contributed by atoms with Gasteiger partial charge in [-0.1, -0.05) is 121 Å². The van der Waals surface area contributed by atoms with Crippen molar-refractivity contribution in [2.24, 2.45) is 0 Å². The first-order chi connectivity index (χ1) is 23.3. The Hall–Kier alpha value is -5.83. The zero-order chi connectivity index (χ0) is 30.9. The molecule has 0 aliphatic heterocycles. The highest BCUT2D eigenvalue weighted by Gasteiger charge is 2.18. The van der Waals surface area contributed by atoms with Crippen LogP contribution in [0, 0.1) is 0 Å². The highest BCUT2D eigenvalue weighted by Crippen LogP contribution is 2.45. The van der Waals surface area contributed by atoms with Crippen LogP contribution in [0.15, 0.2) is 164 Å². The average Bonchev–Trinajstić information content (AvgIpc) is 3.51. The summed E-state index contributed by atoms with van der Waals surface area (Å²) in [5.41, 5.74) is 7.55. The van der Waals surface area contributed by atoms with Crippen molar-refractivity contribution in [1.29, 1.82) is 0 Å². The molecular formula is C45H27NS. The number of hydrogen-bond acceptors (Lipinski definition) is 2. The van der Waals surface area contributed by atoms with E-state index in [9.17, 15) is 0 Å². The third-order valence-corrected chi connectivity index (χ3v) is 10.8. The summed E-state index contributed by atoms with van der Waals surface area (Å²) in [6, 6.07) is 58.0. The van der Waals surface area contributed by atoms with E-state index in [1.165, 1.54) is 91.9 Å². The number of aromatic nitrogens is 1. The molecule has 10 rings (SSSR count). The highest BCUT2D eigenvalue weighted by atomic mass is 32.1. The Balaban J connectivity index is 1.18. The predicted molar refractivity (Wildman–Crippen MR) is 203 cm³/mol. The van der Waals surface area contributed by atoms with E-state index < -0.39 is 0 Å². The Morgan fingerprint density at radius 3 is 1.64 bits per heavy atom. The second kappa shape index (κ2) is 10.3. The van der Waals surface area contributed by atoms with Gasteiger partial charge in [-0.3, -0.25) is 0 Å². The van der Waals surface area contributed by atoms with E-state index in [4.69, 9.17) is 0 Å². The van der Waals surface area contributed by atoms with Crippen LogP contribution in [0.3, 0.4) is 0 Å². The molecule has 8 aromatic carbocycles. The maximum absolute atomic E-state index is 4.64. The fourth-order valence-electron chi connectivity index (χ4n) is 7.56. The van der Waals surface area contributed by atoms with Crippen LogP contribution >= 0.6 is 11.3 Å². The summed E-state index contributed by atoms with van der Waals surface area (Å²) >= 11 is 1.76. The van der Waals surface area contributed by atoms with Gasteiger partial charge < -0.3 is 0 Å². The van der Waals surface area contributed by atoms with E-state index in [1.54, 1.807) is 11.3 Å². The van der Waals surface area contributed by atoms with Gasteiger partial charge in [0.2, 0.25) is 0 Å². The lowest BCUT2D eigenvalue weighted by atomic mass is 9.85. The van der Waals surface area contributed by atoms with Crippen LogP contribution < -0.4 is 0 Å². The molecule has 2 heterocycles. The van der Waals surface area contributed by atoms with Gasteiger partial charge in [0.25, 0.3) is 0 Å². The van der Waals surface area contributed by atoms with E-state index in [-0.39, 0.29) is 0 Å². The molecule has 0 N–H and O–H groups in total. The summed E-state index contributed by atoms with van der Waals surface area (Å²) in [6.45, 7) is 0. The lowest BCUT2D eigenvalue weighted by Gasteiger charge is -2.18. The summed E-state index contributed by atoms with van der Waals surface area (Å²) in [7, 11) is 0. The fourth-order valence-corrected chi connectivity index (χ4v) is 8.59.